The molecule has 0 bridgehead atoms. The summed E-state index contributed by atoms with van der Waals surface area (Å²) in [6.45, 7) is 13.7. The van der Waals surface area contributed by atoms with Crippen LogP contribution in [0.1, 0.15) is 261 Å². The fourth-order valence-electron chi connectivity index (χ4n) is 8.19. The maximum atomic E-state index is 12.9. The molecule has 3 N–H and O–H groups in total. The van der Waals surface area contributed by atoms with Gasteiger partial charge in [0.15, 0.2) is 12.2 Å². The minimum atomic E-state index is -4.94. The van der Waals surface area contributed by atoms with Crippen LogP contribution in [0.15, 0.2) is 0 Å². The molecule has 0 saturated carbocycles. The minimum Gasteiger partial charge on any atom is -0.462 e. The van der Waals surface area contributed by atoms with Crippen LogP contribution in [0.3, 0.4) is 0 Å². The van der Waals surface area contributed by atoms with E-state index in [0.717, 1.165) is 103 Å². The summed E-state index contributed by atoms with van der Waals surface area (Å²) in [7, 11) is -9.87. The smallest absolute Gasteiger partial charge is 0.462 e. The van der Waals surface area contributed by atoms with Crippen LogP contribution in [-0.4, -0.2) is 96.7 Å². The second-order valence-electron chi connectivity index (χ2n) is 22.6. The normalized spacial score (nSPS) is 14.7. The monoisotopic (exact) mass is 1130 g/mol. The van der Waals surface area contributed by atoms with Gasteiger partial charge in [0.25, 0.3) is 0 Å². The average Bonchev–Trinajstić information content (AvgIpc) is 3.34. The molecule has 0 aromatic rings. The van der Waals surface area contributed by atoms with Crippen molar-refractivity contribution in [1.82, 2.24) is 0 Å². The molecule has 0 aromatic carbocycles. The second-order valence-corrected chi connectivity index (χ2v) is 25.5. The molecule has 0 radical (unpaired) electrons. The number of phosphoric ester groups is 2. The van der Waals surface area contributed by atoms with Gasteiger partial charge in [0.1, 0.15) is 19.3 Å². The lowest BCUT2D eigenvalue weighted by Crippen LogP contribution is -2.30. The van der Waals surface area contributed by atoms with Crippen molar-refractivity contribution >= 4 is 39.5 Å². The van der Waals surface area contributed by atoms with E-state index in [9.17, 15) is 43.2 Å². The van der Waals surface area contributed by atoms with Crippen molar-refractivity contribution in [2.45, 2.75) is 279 Å². The van der Waals surface area contributed by atoms with Crippen molar-refractivity contribution in [3.8, 4) is 0 Å². The first kappa shape index (κ1) is 74.1. The van der Waals surface area contributed by atoms with Gasteiger partial charge in [-0.05, 0) is 49.4 Å². The number of aliphatic hydroxyl groups excluding tert-OH is 1. The predicted molar refractivity (Wildman–Crippen MR) is 298 cm³/mol. The van der Waals surface area contributed by atoms with E-state index < -0.39 is 97.5 Å². The summed E-state index contributed by atoms with van der Waals surface area (Å²) in [5, 5.41) is 10.5. The summed E-state index contributed by atoms with van der Waals surface area (Å²) in [5.74, 6) is 0.538. The van der Waals surface area contributed by atoms with Crippen LogP contribution in [0.4, 0.5) is 0 Å². The highest BCUT2D eigenvalue weighted by molar-refractivity contribution is 7.47. The van der Waals surface area contributed by atoms with Gasteiger partial charge in [0.2, 0.25) is 0 Å². The highest BCUT2D eigenvalue weighted by atomic mass is 31.2. The molecule has 2 unspecified atom stereocenters. The molecule has 19 heteroatoms. The van der Waals surface area contributed by atoms with E-state index in [2.05, 4.69) is 55.4 Å². The van der Waals surface area contributed by atoms with Crippen LogP contribution in [0.25, 0.3) is 0 Å². The molecule has 0 fully saturated rings. The van der Waals surface area contributed by atoms with Crippen LogP contribution in [-0.2, 0) is 65.4 Å². The number of unbranched alkanes of at least 4 members (excludes halogenated alkanes) is 20. The molecule has 0 aliphatic heterocycles. The van der Waals surface area contributed by atoms with E-state index in [1.165, 1.54) is 51.4 Å². The lowest BCUT2D eigenvalue weighted by molar-refractivity contribution is -0.161. The van der Waals surface area contributed by atoms with E-state index in [1.54, 1.807) is 0 Å². The maximum absolute atomic E-state index is 12.9. The van der Waals surface area contributed by atoms with Crippen molar-refractivity contribution in [3.63, 3.8) is 0 Å². The minimum absolute atomic E-state index is 0.0999. The lowest BCUT2D eigenvalue weighted by Gasteiger charge is -2.21. The molecule has 0 aromatic heterocycles. The highest BCUT2D eigenvalue weighted by Crippen LogP contribution is 2.45. The Morgan fingerprint density at radius 2 is 0.553 bits per heavy atom. The summed E-state index contributed by atoms with van der Waals surface area (Å²) in [5.41, 5.74) is 0. The summed E-state index contributed by atoms with van der Waals surface area (Å²) in [6, 6.07) is 0. The Balaban J connectivity index is 5.24. The highest BCUT2D eigenvalue weighted by Gasteiger charge is 2.30. The van der Waals surface area contributed by atoms with E-state index in [0.29, 0.717) is 49.4 Å². The lowest BCUT2D eigenvalue weighted by atomic mass is 10.0. The van der Waals surface area contributed by atoms with Gasteiger partial charge in [-0.25, -0.2) is 9.13 Å². The van der Waals surface area contributed by atoms with Crippen LogP contribution >= 0.6 is 15.6 Å². The first-order valence-corrected chi connectivity index (χ1v) is 32.7. The Hall–Kier alpha value is -1.94. The number of carbonyl (C=O) groups is 4. The molecule has 0 aliphatic carbocycles. The fourth-order valence-corrected chi connectivity index (χ4v) is 9.77. The zero-order valence-corrected chi connectivity index (χ0v) is 50.7. The van der Waals surface area contributed by atoms with Gasteiger partial charge in [-0.1, -0.05) is 209 Å². The van der Waals surface area contributed by atoms with Gasteiger partial charge in [0, 0.05) is 25.7 Å². The van der Waals surface area contributed by atoms with Crippen LogP contribution < -0.4 is 0 Å². The molecule has 17 nitrogen and oxygen atoms in total. The molecule has 0 rings (SSSR count). The van der Waals surface area contributed by atoms with Crippen molar-refractivity contribution in [3.05, 3.63) is 0 Å². The molecule has 0 spiro atoms. The number of aliphatic hydroxyl groups is 1. The Bertz CT molecular complexity index is 1430. The Morgan fingerprint density at radius 1 is 0.329 bits per heavy atom. The van der Waals surface area contributed by atoms with E-state index in [1.807, 2.05) is 0 Å². The van der Waals surface area contributed by atoms with Gasteiger partial charge < -0.3 is 33.8 Å². The van der Waals surface area contributed by atoms with Crippen LogP contribution in [0, 0.1) is 23.7 Å². The Morgan fingerprint density at radius 3 is 0.816 bits per heavy atom. The SMILES string of the molecule is CC(C)CCCCCCCCC(=O)OC[C@H](COP(=O)(O)OCC(O)COP(=O)(O)OC[C@@H](COC(=O)CCCCCCCCC(C)C)OC(=O)CCCCCCCCC(C)C)OC(=O)CCCCCCCCC(C)C. The first-order valence-electron chi connectivity index (χ1n) is 29.7. The number of ether oxygens (including phenoxy) is 4. The zero-order valence-electron chi connectivity index (χ0n) is 48.9. The molecule has 4 atom stereocenters. The number of hydrogen-bond donors (Lipinski definition) is 3. The Kier molecular flexibility index (Phi) is 46.6. The molecule has 0 amide bonds. The second kappa shape index (κ2) is 47.8. The number of rotatable bonds is 54. The fraction of sp³-hybridized carbons (Fsp3) is 0.930. The van der Waals surface area contributed by atoms with Crippen LogP contribution in [0.5, 0.6) is 0 Å². The average molecular weight is 1130 g/mol. The summed E-state index contributed by atoms with van der Waals surface area (Å²) >= 11 is 0. The Labute approximate surface area is 460 Å². The molecular formula is C57H110O17P2. The van der Waals surface area contributed by atoms with E-state index in [-0.39, 0.29) is 25.7 Å². The quantitative estimate of drug-likeness (QED) is 0.0222. The number of esters is 4. The maximum Gasteiger partial charge on any atom is 0.472 e. The molecule has 450 valence electrons. The third kappa shape index (κ3) is 51.5. The molecule has 0 aliphatic rings. The third-order valence-corrected chi connectivity index (χ3v) is 14.7. The largest absolute Gasteiger partial charge is 0.472 e. The van der Waals surface area contributed by atoms with Crippen molar-refractivity contribution in [2.24, 2.45) is 23.7 Å². The van der Waals surface area contributed by atoms with Gasteiger partial charge in [-0.15, -0.1) is 0 Å². The van der Waals surface area contributed by atoms with Gasteiger partial charge in [-0.3, -0.25) is 37.3 Å². The standard InChI is InChI=1S/C57H110O17P2/c1-47(2)33-25-17-9-13-21-29-37-54(59)67-43-52(73-56(61)39-31-23-15-11-19-27-35-49(5)6)45-71-75(63,64)69-41-51(58)42-70-76(65,66)72-46-53(74-57(62)40-32-24-16-12-20-28-36-50(7)8)44-68-55(60)38-30-22-14-10-18-26-34-48(3)4/h47-53,58H,9-46H2,1-8H3,(H,63,64)(H,65,66)/t52-,53-/m1/s1. The number of phosphoric acid groups is 2. The summed E-state index contributed by atoms with van der Waals surface area (Å²) in [6.07, 6.45) is 24.6. The van der Waals surface area contributed by atoms with Crippen molar-refractivity contribution < 1.29 is 80.2 Å². The molecule has 0 saturated heterocycles. The van der Waals surface area contributed by atoms with Gasteiger partial charge in [-0.2, -0.15) is 0 Å². The van der Waals surface area contributed by atoms with Crippen LogP contribution in [0.2, 0.25) is 0 Å². The van der Waals surface area contributed by atoms with Crippen molar-refractivity contribution in [2.75, 3.05) is 39.6 Å². The topological polar surface area (TPSA) is 237 Å². The first-order chi connectivity index (χ1) is 36.1. The summed E-state index contributed by atoms with van der Waals surface area (Å²) in [4.78, 5) is 71.7. The molecule has 76 heavy (non-hydrogen) atoms. The third-order valence-electron chi connectivity index (χ3n) is 12.8. The van der Waals surface area contributed by atoms with Crippen molar-refractivity contribution in [1.29, 1.82) is 0 Å². The molecule has 0 heterocycles. The zero-order chi connectivity index (χ0) is 56.9. The van der Waals surface area contributed by atoms with Gasteiger partial charge >= 0.3 is 39.5 Å². The predicted octanol–water partition coefficient (Wildman–Crippen LogP) is 14.6. The molecular weight excluding hydrogens is 1020 g/mol. The van der Waals surface area contributed by atoms with E-state index >= 15 is 0 Å². The number of hydrogen-bond acceptors (Lipinski definition) is 15. The van der Waals surface area contributed by atoms with E-state index in [4.69, 9.17) is 37.0 Å². The van der Waals surface area contributed by atoms with Gasteiger partial charge in [0.05, 0.1) is 26.4 Å². The number of carbonyl (C=O) groups excluding carboxylic acids is 4. The summed E-state index contributed by atoms with van der Waals surface area (Å²) < 4.78 is 67.5.